The average molecular weight is 210 g/mol. The van der Waals surface area contributed by atoms with Gasteiger partial charge < -0.3 is 0 Å². The van der Waals surface area contributed by atoms with Crippen LogP contribution in [0.2, 0.25) is 0 Å². The van der Waals surface area contributed by atoms with Crippen molar-refractivity contribution in [3.63, 3.8) is 0 Å². The van der Waals surface area contributed by atoms with Crippen LogP contribution in [0.3, 0.4) is 0 Å². The molecule has 1 aromatic heterocycles. The molecule has 0 saturated carbocycles. The van der Waals surface area contributed by atoms with Gasteiger partial charge in [0.15, 0.2) is 0 Å². The molecular formula is C10H18N4O. The van der Waals surface area contributed by atoms with E-state index in [4.69, 9.17) is 5.84 Å². The molecule has 1 amide bonds. The quantitative estimate of drug-likeness (QED) is 0.434. The molecule has 0 radical (unpaired) electrons. The number of nitrogens with two attached hydrogens (primary N) is 1. The number of hydrazine groups is 1. The zero-order valence-electron chi connectivity index (χ0n) is 9.66. The van der Waals surface area contributed by atoms with Crippen LogP contribution in [0.4, 0.5) is 0 Å². The summed E-state index contributed by atoms with van der Waals surface area (Å²) in [4.78, 5) is 11.5. The van der Waals surface area contributed by atoms with E-state index in [1.54, 1.807) is 0 Å². The highest BCUT2D eigenvalue weighted by Gasteiger charge is 2.28. The minimum absolute atomic E-state index is 0.185. The summed E-state index contributed by atoms with van der Waals surface area (Å²) >= 11 is 0. The number of hydrogen-bond acceptors (Lipinski definition) is 3. The number of carbonyl (C=O) groups excluding carboxylic acids is 1. The highest BCUT2D eigenvalue weighted by Crippen LogP contribution is 2.18. The van der Waals surface area contributed by atoms with Crippen LogP contribution in [0.1, 0.15) is 25.2 Å². The third-order valence-electron chi connectivity index (χ3n) is 2.39. The van der Waals surface area contributed by atoms with Crippen LogP contribution in [0.25, 0.3) is 0 Å². The molecule has 0 aliphatic carbocycles. The number of nitrogens with zero attached hydrogens (tertiary/aromatic N) is 2. The van der Waals surface area contributed by atoms with Gasteiger partial charge in [-0.3, -0.25) is 14.9 Å². The molecule has 84 valence electrons. The van der Waals surface area contributed by atoms with Crippen molar-refractivity contribution in [3.8, 4) is 0 Å². The molecule has 0 unspecified atom stereocenters. The molecule has 1 rings (SSSR count). The summed E-state index contributed by atoms with van der Waals surface area (Å²) in [6, 6.07) is 1.98. The van der Waals surface area contributed by atoms with Crippen molar-refractivity contribution < 1.29 is 4.79 Å². The molecule has 5 heteroatoms. The van der Waals surface area contributed by atoms with E-state index in [0.29, 0.717) is 6.54 Å². The summed E-state index contributed by atoms with van der Waals surface area (Å²) in [7, 11) is 0. The molecule has 1 aromatic rings. The fraction of sp³-hybridized carbons (Fsp3) is 0.600. The fourth-order valence-corrected chi connectivity index (χ4v) is 1.48. The molecule has 1 heterocycles. The summed E-state index contributed by atoms with van der Waals surface area (Å²) < 4.78 is 1.82. The maximum atomic E-state index is 11.5. The van der Waals surface area contributed by atoms with E-state index in [1.165, 1.54) is 0 Å². The average Bonchev–Trinajstić information content (AvgIpc) is 2.43. The SMILES string of the molecule is Cc1cc(C)n(CC(C)(C)C(=O)NN)n1. The summed E-state index contributed by atoms with van der Waals surface area (Å²) in [6.07, 6.45) is 0. The van der Waals surface area contributed by atoms with E-state index in [9.17, 15) is 4.79 Å². The third kappa shape index (κ3) is 2.56. The van der Waals surface area contributed by atoms with E-state index in [1.807, 2.05) is 38.4 Å². The monoisotopic (exact) mass is 210 g/mol. The number of aryl methyl sites for hydroxylation is 2. The van der Waals surface area contributed by atoms with E-state index in [-0.39, 0.29) is 5.91 Å². The van der Waals surface area contributed by atoms with Gasteiger partial charge >= 0.3 is 0 Å². The van der Waals surface area contributed by atoms with E-state index >= 15 is 0 Å². The lowest BCUT2D eigenvalue weighted by Crippen LogP contribution is -2.43. The molecule has 0 saturated heterocycles. The molecule has 0 atom stereocenters. The number of nitrogens with one attached hydrogen (secondary N) is 1. The highest BCUT2D eigenvalue weighted by atomic mass is 16.2. The molecule has 5 nitrogen and oxygen atoms in total. The second kappa shape index (κ2) is 4.02. The Morgan fingerprint density at radius 3 is 2.60 bits per heavy atom. The molecule has 0 aromatic carbocycles. The van der Waals surface area contributed by atoms with Crippen molar-refractivity contribution >= 4 is 5.91 Å². The van der Waals surface area contributed by atoms with Crippen molar-refractivity contribution in [1.29, 1.82) is 0 Å². The predicted octanol–water partition coefficient (Wildman–Crippen LogP) is 0.516. The van der Waals surface area contributed by atoms with Gasteiger partial charge in [-0.15, -0.1) is 0 Å². The van der Waals surface area contributed by atoms with E-state index in [0.717, 1.165) is 11.4 Å². The first kappa shape index (κ1) is 11.7. The Balaban J connectivity index is 2.85. The van der Waals surface area contributed by atoms with Gasteiger partial charge in [-0.2, -0.15) is 5.10 Å². The number of carbonyl (C=O) groups is 1. The summed E-state index contributed by atoms with van der Waals surface area (Å²) in [5, 5.41) is 4.31. The number of hydrogen-bond donors (Lipinski definition) is 2. The maximum Gasteiger partial charge on any atom is 0.241 e. The lowest BCUT2D eigenvalue weighted by Gasteiger charge is -2.22. The Labute approximate surface area is 89.6 Å². The van der Waals surface area contributed by atoms with Crippen LogP contribution < -0.4 is 11.3 Å². The minimum Gasteiger partial charge on any atom is -0.294 e. The molecular weight excluding hydrogens is 192 g/mol. The smallest absolute Gasteiger partial charge is 0.241 e. The molecule has 15 heavy (non-hydrogen) atoms. The largest absolute Gasteiger partial charge is 0.294 e. The van der Waals surface area contributed by atoms with Crippen LogP contribution >= 0.6 is 0 Å². The number of amides is 1. The minimum atomic E-state index is -0.558. The van der Waals surface area contributed by atoms with Crippen LogP contribution in [0.5, 0.6) is 0 Å². The van der Waals surface area contributed by atoms with Crippen LogP contribution in [0.15, 0.2) is 6.07 Å². The van der Waals surface area contributed by atoms with Crippen molar-refractivity contribution in [2.24, 2.45) is 11.3 Å². The topological polar surface area (TPSA) is 72.9 Å². The zero-order chi connectivity index (χ0) is 11.6. The zero-order valence-corrected chi connectivity index (χ0v) is 9.66. The van der Waals surface area contributed by atoms with Gasteiger partial charge in [-0.05, 0) is 33.8 Å². The molecule has 0 fully saturated rings. The molecule has 0 bridgehead atoms. The first-order chi connectivity index (χ1) is 6.86. The van der Waals surface area contributed by atoms with Gasteiger partial charge in [0.25, 0.3) is 0 Å². The fourth-order valence-electron chi connectivity index (χ4n) is 1.48. The highest BCUT2D eigenvalue weighted by molar-refractivity contribution is 5.81. The first-order valence-corrected chi connectivity index (χ1v) is 4.89. The summed E-state index contributed by atoms with van der Waals surface area (Å²) in [5.74, 6) is 4.94. The Morgan fingerprint density at radius 1 is 1.60 bits per heavy atom. The Bertz CT molecular complexity index is 367. The van der Waals surface area contributed by atoms with Crippen molar-refractivity contribution in [3.05, 3.63) is 17.5 Å². The van der Waals surface area contributed by atoms with Gasteiger partial charge in [0, 0.05) is 5.69 Å². The maximum absolute atomic E-state index is 11.5. The number of rotatable bonds is 3. The Kier molecular flexibility index (Phi) is 3.14. The van der Waals surface area contributed by atoms with E-state index in [2.05, 4.69) is 10.5 Å². The van der Waals surface area contributed by atoms with Gasteiger partial charge in [0.2, 0.25) is 5.91 Å². The van der Waals surface area contributed by atoms with Gasteiger partial charge in [-0.25, -0.2) is 5.84 Å². The lowest BCUT2D eigenvalue weighted by molar-refractivity contribution is -0.130. The van der Waals surface area contributed by atoms with Crippen LogP contribution in [-0.4, -0.2) is 15.7 Å². The number of aromatic nitrogens is 2. The molecule has 3 N–H and O–H groups in total. The third-order valence-corrected chi connectivity index (χ3v) is 2.39. The second-order valence-corrected chi connectivity index (χ2v) is 4.44. The lowest BCUT2D eigenvalue weighted by atomic mass is 9.92. The standard InChI is InChI=1S/C10H18N4O/c1-7-5-8(2)14(13-7)6-10(3,4)9(15)12-11/h5H,6,11H2,1-4H3,(H,12,15). The molecule has 0 aliphatic heterocycles. The molecule has 0 aliphatic rings. The summed E-state index contributed by atoms with van der Waals surface area (Å²) in [5.41, 5.74) is 3.62. The Hall–Kier alpha value is -1.36. The first-order valence-electron chi connectivity index (χ1n) is 4.89. The summed E-state index contributed by atoms with van der Waals surface area (Å²) in [6.45, 7) is 8.10. The van der Waals surface area contributed by atoms with E-state index < -0.39 is 5.41 Å². The van der Waals surface area contributed by atoms with Gasteiger partial charge in [0.1, 0.15) is 0 Å². The van der Waals surface area contributed by atoms with Gasteiger partial charge in [0.05, 0.1) is 17.7 Å². The molecule has 0 spiro atoms. The van der Waals surface area contributed by atoms with Crippen molar-refractivity contribution in [2.75, 3.05) is 0 Å². The van der Waals surface area contributed by atoms with Crippen LogP contribution in [0, 0.1) is 19.3 Å². The van der Waals surface area contributed by atoms with Crippen molar-refractivity contribution in [2.45, 2.75) is 34.2 Å². The van der Waals surface area contributed by atoms with Gasteiger partial charge in [-0.1, -0.05) is 0 Å². The predicted molar refractivity (Wildman–Crippen MR) is 57.8 cm³/mol. The van der Waals surface area contributed by atoms with Crippen molar-refractivity contribution in [1.82, 2.24) is 15.2 Å². The normalized spacial score (nSPS) is 11.5. The Morgan fingerprint density at radius 2 is 2.20 bits per heavy atom. The second-order valence-electron chi connectivity index (χ2n) is 4.44. The van der Waals surface area contributed by atoms with Crippen LogP contribution in [-0.2, 0) is 11.3 Å².